The average molecular weight is 224 g/mol. The van der Waals surface area contributed by atoms with Crippen LogP contribution in [0.5, 0.6) is 0 Å². The normalized spacial score (nSPS) is 9.69. The maximum atomic E-state index is 13.0. The highest BCUT2D eigenvalue weighted by Crippen LogP contribution is 2.17. The van der Waals surface area contributed by atoms with E-state index in [2.05, 4.69) is 5.32 Å². The summed E-state index contributed by atoms with van der Waals surface area (Å²) in [7, 11) is 3.13. The molecule has 0 atom stereocenters. The number of hydrogen-bond donors (Lipinski definition) is 1. The van der Waals surface area contributed by atoms with Crippen LogP contribution in [0.15, 0.2) is 18.2 Å². The van der Waals surface area contributed by atoms with E-state index in [1.165, 1.54) is 24.1 Å². The van der Waals surface area contributed by atoms with Gasteiger partial charge in [0.2, 0.25) is 0 Å². The van der Waals surface area contributed by atoms with Crippen molar-refractivity contribution in [2.24, 2.45) is 0 Å². The van der Waals surface area contributed by atoms with E-state index in [0.717, 1.165) is 6.07 Å². The minimum Gasteiger partial charge on any atom is -0.387 e. The fourth-order valence-corrected chi connectivity index (χ4v) is 1.31. The Kier molecular flexibility index (Phi) is 3.99. The predicted molar refractivity (Wildman–Crippen MR) is 59.0 cm³/mol. The number of rotatable bonds is 4. The zero-order valence-corrected chi connectivity index (χ0v) is 9.16. The van der Waals surface area contributed by atoms with E-state index in [1.54, 1.807) is 7.05 Å². The van der Waals surface area contributed by atoms with Crippen molar-refractivity contribution in [2.45, 2.75) is 0 Å². The van der Waals surface area contributed by atoms with Crippen molar-refractivity contribution in [3.63, 3.8) is 0 Å². The zero-order valence-electron chi connectivity index (χ0n) is 9.16. The molecule has 16 heavy (non-hydrogen) atoms. The predicted octanol–water partition coefficient (Wildman–Crippen LogP) is 1.14. The second kappa shape index (κ2) is 5.25. The van der Waals surface area contributed by atoms with Crippen LogP contribution in [-0.4, -0.2) is 37.7 Å². The fraction of sp³-hybridized carbons (Fsp3) is 0.273. The van der Waals surface area contributed by atoms with Crippen molar-refractivity contribution < 1.29 is 14.0 Å². The molecule has 0 spiro atoms. The van der Waals surface area contributed by atoms with Gasteiger partial charge in [0, 0.05) is 19.8 Å². The third-order valence-corrected chi connectivity index (χ3v) is 2.18. The maximum Gasteiger partial charge on any atom is 0.256 e. The summed E-state index contributed by atoms with van der Waals surface area (Å²) in [5.74, 6) is -0.877. The molecule has 86 valence electrons. The number of nitrogens with one attached hydrogen (secondary N) is 1. The van der Waals surface area contributed by atoms with Gasteiger partial charge in [-0.1, -0.05) is 0 Å². The standard InChI is InChI=1S/C11H13FN2O2/c1-13-10-4-3-8(12)7-9(10)11(16)14(2)5-6-15/h3-4,6-7,13H,5H2,1-2H3. The van der Waals surface area contributed by atoms with E-state index < -0.39 is 11.7 Å². The van der Waals surface area contributed by atoms with Crippen LogP contribution >= 0.6 is 0 Å². The van der Waals surface area contributed by atoms with Gasteiger partial charge >= 0.3 is 0 Å². The van der Waals surface area contributed by atoms with E-state index in [4.69, 9.17) is 0 Å². The van der Waals surface area contributed by atoms with Gasteiger partial charge in [0.1, 0.15) is 12.1 Å². The molecule has 0 heterocycles. The lowest BCUT2D eigenvalue weighted by Crippen LogP contribution is -2.29. The molecule has 0 saturated heterocycles. The molecule has 0 bridgehead atoms. The lowest BCUT2D eigenvalue weighted by Gasteiger charge is -2.16. The quantitative estimate of drug-likeness (QED) is 0.780. The van der Waals surface area contributed by atoms with Crippen LogP contribution in [0, 0.1) is 5.82 Å². The third kappa shape index (κ3) is 2.56. The second-order valence-electron chi connectivity index (χ2n) is 3.29. The summed E-state index contributed by atoms with van der Waals surface area (Å²) in [4.78, 5) is 23.3. The molecular formula is C11H13FN2O2. The van der Waals surface area contributed by atoms with Crippen molar-refractivity contribution in [3.8, 4) is 0 Å². The highest BCUT2D eigenvalue weighted by Gasteiger charge is 2.15. The van der Waals surface area contributed by atoms with Crippen LogP contribution in [0.3, 0.4) is 0 Å². The molecular weight excluding hydrogens is 211 g/mol. The molecule has 1 rings (SSSR count). The van der Waals surface area contributed by atoms with E-state index in [0.29, 0.717) is 12.0 Å². The maximum absolute atomic E-state index is 13.0. The minimum absolute atomic E-state index is 0.0154. The Hall–Kier alpha value is -1.91. The number of carbonyl (C=O) groups excluding carboxylic acids is 2. The van der Waals surface area contributed by atoms with Gasteiger partial charge in [0.05, 0.1) is 12.1 Å². The molecule has 0 aromatic heterocycles. The van der Waals surface area contributed by atoms with Crippen LogP contribution in [-0.2, 0) is 4.79 Å². The van der Waals surface area contributed by atoms with Crippen molar-refractivity contribution >= 4 is 17.9 Å². The molecule has 0 radical (unpaired) electrons. The second-order valence-corrected chi connectivity index (χ2v) is 3.29. The van der Waals surface area contributed by atoms with Crippen LogP contribution in [0.25, 0.3) is 0 Å². The summed E-state index contributed by atoms with van der Waals surface area (Å²) >= 11 is 0. The fourth-order valence-electron chi connectivity index (χ4n) is 1.31. The number of anilines is 1. The first-order valence-corrected chi connectivity index (χ1v) is 4.76. The van der Waals surface area contributed by atoms with E-state index in [1.807, 2.05) is 0 Å². The van der Waals surface area contributed by atoms with Gasteiger partial charge in [-0.15, -0.1) is 0 Å². The molecule has 1 aromatic rings. The molecule has 1 N–H and O–H groups in total. The smallest absolute Gasteiger partial charge is 0.256 e. The Morgan fingerprint density at radius 3 is 2.81 bits per heavy atom. The monoisotopic (exact) mass is 224 g/mol. The molecule has 0 fully saturated rings. The number of halogens is 1. The number of carbonyl (C=O) groups is 2. The Labute approximate surface area is 93.1 Å². The molecule has 4 nitrogen and oxygen atoms in total. The summed E-state index contributed by atoms with van der Waals surface area (Å²) in [6.07, 6.45) is 0.621. The summed E-state index contributed by atoms with van der Waals surface area (Å²) in [5.41, 5.74) is 0.746. The molecule has 5 heteroatoms. The summed E-state index contributed by atoms with van der Waals surface area (Å²) < 4.78 is 13.0. The first-order valence-electron chi connectivity index (χ1n) is 4.76. The molecule has 0 unspecified atom stereocenters. The average Bonchev–Trinajstić information content (AvgIpc) is 2.28. The highest BCUT2D eigenvalue weighted by molar-refractivity contribution is 6.00. The number of amides is 1. The number of aldehydes is 1. The lowest BCUT2D eigenvalue weighted by molar-refractivity contribution is -0.108. The molecule has 0 aliphatic rings. The van der Waals surface area contributed by atoms with E-state index >= 15 is 0 Å². The van der Waals surface area contributed by atoms with Crippen molar-refractivity contribution in [3.05, 3.63) is 29.6 Å². The topological polar surface area (TPSA) is 49.4 Å². The third-order valence-electron chi connectivity index (χ3n) is 2.18. The summed E-state index contributed by atoms with van der Waals surface area (Å²) in [6, 6.07) is 3.90. The minimum atomic E-state index is -0.484. The van der Waals surface area contributed by atoms with Gasteiger partial charge in [0.25, 0.3) is 5.91 Å². The van der Waals surface area contributed by atoms with Gasteiger partial charge in [-0.3, -0.25) is 4.79 Å². The first kappa shape index (κ1) is 12.2. The molecule has 0 aliphatic carbocycles. The highest BCUT2D eigenvalue weighted by atomic mass is 19.1. The van der Waals surface area contributed by atoms with Crippen LogP contribution in [0.4, 0.5) is 10.1 Å². The molecule has 0 aliphatic heterocycles. The summed E-state index contributed by atoms with van der Waals surface area (Å²) in [6.45, 7) is -0.0154. The largest absolute Gasteiger partial charge is 0.387 e. The Bertz CT molecular complexity index is 407. The van der Waals surface area contributed by atoms with Gasteiger partial charge in [0.15, 0.2) is 0 Å². The molecule has 0 saturated carbocycles. The summed E-state index contributed by atoms with van der Waals surface area (Å²) in [5, 5.41) is 2.80. The number of nitrogens with zero attached hydrogens (tertiary/aromatic N) is 1. The van der Waals surface area contributed by atoms with Crippen molar-refractivity contribution in [2.75, 3.05) is 26.0 Å². The van der Waals surface area contributed by atoms with Crippen molar-refractivity contribution in [1.29, 1.82) is 0 Å². The van der Waals surface area contributed by atoms with Gasteiger partial charge < -0.3 is 15.0 Å². The van der Waals surface area contributed by atoms with Crippen LogP contribution < -0.4 is 5.32 Å². The number of hydrogen-bond acceptors (Lipinski definition) is 3. The first-order chi connectivity index (χ1) is 7.60. The molecule has 1 amide bonds. The van der Waals surface area contributed by atoms with Crippen LogP contribution in [0.2, 0.25) is 0 Å². The molecule has 1 aromatic carbocycles. The van der Waals surface area contributed by atoms with E-state index in [-0.39, 0.29) is 12.1 Å². The van der Waals surface area contributed by atoms with Crippen LogP contribution in [0.1, 0.15) is 10.4 Å². The SMILES string of the molecule is CNc1ccc(F)cc1C(=O)N(C)CC=O. The lowest BCUT2D eigenvalue weighted by atomic mass is 10.1. The Morgan fingerprint density at radius 1 is 1.56 bits per heavy atom. The van der Waals surface area contributed by atoms with Crippen molar-refractivity contribution in [1.82, 2.24) is 4.90 Å². The van der Waals surface area contributed by atoms with Gasteiger partial charge in [-0.05, 0) is 18.2 Å². The van der Waals surface area contributed by atoms with Gasteiger partial charge in [-0.2, -0.15) is 0 Å². The number of benzene rings is 1. The van der Waals surface area contributed by atoms with Gasteiger partial charge in [-0.25, -0.2) is 4.39 Å². The van der Waals surface area contributed by atoms with E-state index in [9.17, 15) is 14.0 Å². The zero-order chi connectivity index (χ0) is 12.1. The Morgan fingerprint density at radius 2 is 2.25 bits per heavy atom. The number of likely N-dealkylation sites (N-methyl/N-ethyl adjacent to an activating group) is 1. The Balaban J connectivity index is 3.05.